The SMILES string of the molecule is CC(=O)c1ccc(NC(=O)[C@@H](C)OC(=O)c2nn(C)c(=O)c3ccccc23)cc1. The van der Waals surface area contributed by atoms with Crippen LogP contribution in [-0.4, -0.2) is 33.5 Å². The van der Waals surface area contributed by atoms with E-state index in [9.17, 15) is 19.2 Å². The highest BCUT2D eigenvalue weighted by Crippen LogP contribution is 2.15. The molecule has 29 heavy (non-hydrogen) atoms. The number of hydrogen-bond donors (Lipinski definition) is 1. The summed E-state index contributed by atoms with van der Waals surface area (Å²) in [5, 5.41) is 7.30. The summed E-state index contributed by atoms with van der Waals surface area (Å²) in [7, 11) is 1.44. The van der Waals surface area contributed by atoms with Gasteiger partial charge < -0.3 is 10.1 Å². The van der Waals surface area contributed by atoms with Crippen LogP contribution in [0.5, 0.6) is 0 Å². The fraction of sp³-hybridized carbons (Fsp3) is 0.190. The fourth-order valence-electron chi connectivity index (χ4n) is 2.75. The van der Waals surface area contributed by atoms with Crippen molar-refractivity contribution in [2.24, 2.45) is 7.05 Å². The topological polar surface area (TPSA) is 107 Å². The van der Waals surface area contributed by atoms with Gasteiger partial charge in [-0.3, -0.25) is 14.4 Å². The summed E-state index contributed by atoms with van der Waals surface area (Å²) in [6.07, 6.45) is -1.10. The molecule has 0 unspecified atom stereocenters. The normalized spacial score (nSPS) is 11.7. The van der Waals surface area contributed by atoms with Gasteiger partial charge in [0.1, 0.15) is 0 Å². The van der Waals surface area contributed by atoms with Crippen LogP contribution in [0.2, 0.25) is 0 Å². The Bertz CT molecular complexity index is 1170. The van der Waals surface area contributed by atoms with Gasteiger partial charge in [-0.1, -0.05) is 18.2 Å². The Hall–Kier alpha value is -3.81. The summed E-state index contributed by atoms with van der Waals surface area (Å²) in [6.45, 7) is 2.88. The van der Waals surface area contributed by atoms with Crippen molar-refractivity contribution in [3.05, 3.63) is 70.1 Å². The molecule has 3 aromatic rings. The number of aromatic nitrogens is 2. The van der Waals surface area contributed by atoms with Crippen molar-refractivity contribution in [3.63, 3.8) is 0 Å². The first-order chi connectivity index (χ1) is 13.8. The summed E-state index contributed by atoms with van der Waals surface area (Å²) in [6, 6.07) is 12.9. The number of carbonyl (C=O) groups excluding carboxylic acids is 3. The van der Waals surface area contributed by atoms with Gasteiger partial charge >= 0.3 is 5.97 Å². The maximum Gasteiger partial charge on any atom is 0.360 e. The quantitative estimate of drug-likeness (QED) is 0.527. The van der Waals surface area contributed by atoms with Crippen LogP contribution in [0.3, 0.4) is 0 Å². The van der Waals surface area contributed by atoms with Crippen molar-refractivity contribution in [3.8, 4) is 0 Å². The number of ketones is 1. The molecule has 1 aromatic heterocycles. The van der Waals surface area contributed by atoms with Gasteiger partial charge in [0.05, 0.1) is 5.39 Å². The summed E-state index contributed by atoms with van der Waals surface area (Å²) >= 11 is 0. The number of anilines is 1. The molecule has 1 amide bonds. The van der Waals surface area contributed by atoms with Gasteiger partial charge in [0.25, 0.3) is 11.5 Å². The predicted molar refractivity (Wildman–Crippen MR) is 107 cm³/mol. The molecule has 0 spiro atoms. The number of nitrogens with zero attached hydrogens (tertiary/aromatic N) is 2. The number of nitrogens with one attached hydrogen (secondary N) is 1. The van der Waals surface area contributed by atoms with E-state index in [4.69, 9.17) is 4.74 Å². The molecule has 1 atom stereocenters. The minimum absolute atomic E-state index is 0.0480. The first-order valence-electron chi connectivity index (χ1n) is 8.87. The van der Waals surface area contributed by atoms with E-state index in [1.807, 2.05) is 0 Å². The second-order valence-corrected chi connectivity index (χ2v) is 6.49. The zero-order chi connectivity index (χ0) is 21.1. The molecule has 1 N–H and O–H groups in total. The van der Waals surface area contributed by atoms with Gasteiger partial charge in [0, 0.05) is 23.7 Å². The van der Waals surface area contributed by atoms with Crippen LogP contribution in [0, 0.1) is 0 Å². The lowest BCUT2D eigenvalue weighted by Crippen LogP contribution is -2.31. The number of ether oxygens (including phenoxy) is 1. The van der Waals surface area contributed by atoms with Crippen molar-refractivity contribution in [1.29, 1.82) is 0 Å². The number of amides is 1. The molecule has 0 aliphatic heterocycles. The maximum absolute atomic E-state index is 12.6. The van der Waals surface area contributed by atoms with Crippen LogP contribution in [0.1, 0.15) is 34.7 Å². The van der Waals surface area contributed by atoms with Crippen molar-refractivity contribution >= 4 is 34.1 Å². The van der Waals surface area contributed by atoms with Crippen LogP contribution < -0.4 is 10.9 Å². The highest BCUT2D eigenvalue weighted by Gasteiger charge is 2.23. The van der Waals surface area contributed by atoms with Crippen molar-refractivity contribution in [1.82, 2.24) is 9.78 Å². The number of esters is 1. The molecule has 0 aliphatic rings. The van der Waals surface area contributed by atoms with E-state index in [2.05, 4.69) is 10.4 Å². The van der Waals surface area contributed by atoms with Gasteiger partial charge in [-0.15, -0.1) is 0 Å². The third-order valence-electron chi connectivity index (χ3n) is 4.36. The van der Waals surface area contributed by atoms with Crippen LogP contribution in [0.15, 0.2) is 53.3 Å². The van der Waals surface area contributed by atoms with Crippen LogP contribution in [0.4, 0.5) is 5.69 Å². The monoisotopic (exact) mass is 393 g/mol. The Morgan fingerprint density at radius 3 is 2.28 bits per heavy atom. The molecule has 0 radical (unpaired) electrons. The van der Waals surface area contributed by atoms with Crippen molar-refractivity contribution < 1.29 is 19.1 Å². The largest absolute Gasteiger partial charge is 0.448 e. The molecule has 0 bridgehead atoms. The van der Waals surface area contributed by atoms with Gasteiger partial charge in [0.2, 0.25) is 0 Å². The third-order valence-corrected chi connectivity index (χ3v) is 4.36. The Labute approximate surface area is 166 Å². The Morgan fingerprint density at radius 1 is 1.03 bits per heavy atom. The van der Waals surface area contributed by atoms with E-state index < -0.39 is 18.0 Å². The lowest BCUT2D eigenvalue weighted by molar-refractivity contribution is -0.123. The average Bonchev–Trinajstić information content (AvgIpc) is 2.71. The number of fused-ring (bicyclic) bond motifs is 1. The molecular weight excluding hydrogens is 374 g/mol. The molecular formula is C21H19N3O5. The number of aryl methyl sites for hydroxylation is 1. The van der Waals surface area contributed by atoms with Gasteiger partial charge in [-0.2, -0.15) is 5.10 Å². The average molecular weight is 393 g/mol. The number of rotatable bonds is 5. The minimum Gasteiger partial charge on any atom is -0.448 e. The second kappa shape index (κ2) is 8.05. The van der Waals surface area contributed by atoms with Gasteiger partial charge in [-0.25, -0.2) is 9.48 Å². The Balaban J connectivity index is 1.76. The van der Waals surface area contributed by atoms with E-state index in [1.54, 1.807) is 48.5 Å². The van der Waals surface area contributed by atoms with E-state index in [0.29, 0.717) is 22.0 Å². The molecule has 8 nitrogen and oxygen atoms in total. The highest BCUT2D eigenvalue weighted by molar-refractivity contribution is 6.04. The third kappa shape index (κ3) is 4.21. The molecule has 1 heterocycles. The predicted octanol–water partition coefficient (Wildman–Crippen LogP) is 2.32. The van der Waals surface area contributed by atoms with E-state index >= 15 is 0 Å². The van der Waals surface area contributed by atoms with Crippen molar-refractivity contribution in [2.75, 3.05) is 5.32 Å². The first kappa shape index (κ1) is 19.9. The van der Waals surface area contributed by atoms with Gasteiger partial charge in [-0.05, 0) is 44.2 Å². The number of benzene rings is 2. The fourth-order valence-corrected chi connectivity index (χ4v) is 2.75. The molecule has 8 heteroatoms. The number of Topliss-reactive ketones (excluding diaryl/α,β-unsaturated/α-hetero) is 1. The lowest BCUT2D eigenvalue weighted by atomic mass is 10.1. The lowest BCUT2D eigenvalue weighted by Gasteiger charge is -2.14. The smallest absolute Gasteiger partial charge is 0.360 e. The van der Waals surface area contributed by atoms with Crippen LogP contribution >= 0.6 is 0 Å². The maximum atomic E-state index is 12.6. The molecule has 2 aromatic carbocycles. The highest BCUT2D eigenvalue weighted by atomic mass is 16.5. The molecule has 0 aliphatic carbocycles. The summed E-state index contributed by atoms with van der Waals surface area (Å²) in [5.74, 6) is -1.43. The number of hydrogen-bond acceptors (Lipinski definition) is 6. The van der Waals surface area contributed by atoms with E-state index in [-0.39, 0.29) is 17.0 Å². The summed E-state index contributed by atoms with van der Waals surface area (Å²) in [5.41, 5.74) is 0.605. The Kier molecular flexibility index (Phi) is 5.54. The van der Waals surface area contributed by atoms with Crippen LogP contribution in [-0.2, 0) is 16.6 Å². The minimum atomic E-state index is -1.10. The zero-order valence-corrected chi connectivity index (χ0v) is 16.1. The van der Waals surface area contributed by atoms with Crippen LogP contribution in [0.25, 0.3) is 10.8 Å². The number of carbonyl (C=O) groups is 3. The molecule has 0 fully saturated rings. The Morgan fingerprint density at radius 2 is 1.66 bits per heavy atom. The van der Waals surface area contributed by atoms with E-state index in [0.717, 1.165) is 4.68 Å². The first-order valence-corrected chi connectivity index (χ1v) is 8.87. The van der Waals surface area contributed by atoms with Crippen molar-refractivity contribution in [2.45, 2.75) is 20.0 Å². The summed E-state index contributed by atoms with van der Waals surface area (Å²) < 4.78 is 6.31. The van der Waals surface area contributed by atoms with E-state index in [1.165, 1.54) is 20.9 Å². The standard InChI is InChI=1S/C21H19N3O5/c1-12(25)14-8-10-15(11-9-14)22-19(26)13(2)29-21(28)18-16-6-4-5-7-17(16)20(27)24(3)23-18/h4-11,13H,1-3H3,(H,22,26)/t13-/m1/s1. The second-order valence-electron chi connectivity index (χ2n) is 6.49. The molecule has 148 valence electrons. The molecule has 0 saturated carbocycles. The summed E-state index contributed by atoms with van der Waals surface area (Å²) in [4.78, 5) is 48.4. The van der Waals surface area contributed by atoms with Gasteiger partial charge in [0.15, 0.2) is 17.6 Å². The molecule has 0 saturated heterocycles. The molecule has 3 rings (SSSR count). The zero-order valence-electron chi connectivity index (χ0n) is 16.1.